The fourth-order valence-electron chi connectivity index (χ4n) is 1.06. The first-order chi connectivity index (χ1) is 5.66. The topological polar surface area (TPSA) is 46.2 Å². The minimum atomic E-state index is -0.590. The highest BCUT2D eigenvalue weighted by atomic mass is 19.1. The highest BCUT2D eigenvalue weighted by molar-refractivity contribution is 5.36. The van der Waals surface area contributed by atoms with Crippen molar-refractivity contribution >= 4 is 0 Å². The van der Waals surface area contributed by atoms with Crippen molar-refractivity contribution in [3.05, 3.63) is 29.6 Å². The van der Waals surface area contributed by atoms with Gasteiger partial charge in [-0.1, -0.05) is 19.1 Å². The highest BCUT2D eigenvalue weighted by Gasteiger charge is 2.11. The standard InChI is InChI=1S/C9H12FNO/c1-6(5-11)7-3-2-4-8(10)9(7)12/h2-4,6,12H,5,11H2,1H3. The van der Waals surface area contributed by atoms with Crippen LogP contribution in [0.1, 0.15) is 18.4 Å². The molecule has 0 aromatic heterocycles. The van der Waals surface area contributed by atoms with Gasteiger partial charge in [-0.15, -0.1) is 0 Å². The Kier molecular flexibility index (Phi) is 2.65. The smallest absolute Gasteiger partial charge is 0.165 e. The third-order valence-corrected chi connectivity index (χ3v) is 1.90. The maximum Gasteiger partial charge on any atom is 0.165 e. The van der Waals surface area contributed by atoms with Gasteiger partial charge in [0.2, 0.25) is 0 Å². The summed E-state index contributed by atoms with van der Waals surface area (Å²) < 4.78 is 12.8. The molecule has 0 radical (unpaired) electrons. The molecule has 2 nitrogen and oxygen atoms in total. The Bertz CT molecular complexity index is 275. The first-order valence-corrected chi connectivity index (χ1v) is 3.84. The second-order valence-electron chi connectivity index (χ2n) is 2.81. The van der Waals surface area contributed by atoms with Gasteiger partial charge < -0.3 is 10.8 Å². The first-order valence-electron chi connectivity index (χ1n) is 3.84. The molecule has 1 aromatic rings. The lowest BCUT2D eigenvalue weighted by atomic mass is 10.0. The van der Waals surface area contributed by atoms with Gasteiger partial charge in [0, 0.05) is 5.56 Å². The average molecular weight is 169 g/mol. The van der Waals surface area contributed by atoms with Crippen molar-refractivity contribution in [1.29, 1.82) is 0 Å². The summed E-state index contributed by atoms with van der Waals surface area (Å²) in [6.07, 6.45) is 0. The molecule has 0 spiro atoms. The zero-order valence-electron chi connectivity index (χ0n) is 6.92. The number of halogens is 1. The molecule has 3 N–H and O–H groups in total. The van der Waals surface area contributed by atoms with E-state index in [-0.39, 0.29) is 11.7 Å². The van der Waals surface area contributed by atoms with E-state index in [0.29, 0.717) is 12.1 Å². The van der Waals surface area contributed by atoms with E-state index in [0.717, 1.165) is 0 Å². The van der Waals surface area contributed by atoms with Crippen LogP contribution < -0.4 is 5.73 Å². The molecule has 1 aromatic carbocycles. The van der Waals surface area contributed by atoms with Crippen LogP contribution in [-0.2, 0) is 0 Å². The Balaban J connectivity index is 3.07. The summed E-state index contributed by atoms with van der Waals surface area (Å²) in [5, 5.41) is 9.27. The van der Waals surface area contributed by atoms with Crippen LogP contribution >= 0.6 is 0 Å². The van der Waals surface area contributed by atoms with Gasteiger partial charge in [0.1, 0.15) is 0 Å². The number of hydrogen-bond acceptors (Lipinski definition) is 2. The molecule has 0 bridgehead atoms. The molecule has 0 aliphatic carbocycles. The van der Waals surface area contributed by atoms with Crippen LogP contribution in [0.3, 0.4) is 0 Å². The Morgan fingerprint density at radius 3 is 2.83 bits per heavy atom. The summed E-state index contributed by atoms with van der Waals surface area (Å²) in [6, 6.07) is 4.47. The molecule has 0 saturated heterocycles. The van der Waals surface area contributed by atoms with E-state index < -0.39 is 5.82 Å². The number of benzene rings is 1. The maximum atomic E-state index is 12.8. The number of phenolic OH excluding ortho intramolecular Hbond substituents is 1. The Hall–Kier alpha value is -1.09. The van der Waals surface area contributed by atoms with Gasteiger partial charge in [-0.2, -0.15) is 0 Å². The molecule has 0 saturated carbocycles. The van der Waals surface area contributed by atoms with Crippen LogP contribution in [0.5, 0.6) is 5.75 Å². The lowest BCUT2D eigenvalue weighted by Crippen LogP contribution is -2.09. The van der Waals surface area contributed by atoms with E-state index in [1.807, 2.05) is 6.92 Å². The average Bonchev–Trinajstić information content (AvgIpc) is 2.08. The predicted molar refractivity (Wildman–Crippen MR) is 45.5 cm³/mol. The predicted octanol–water partition coefficient (Wildman–Crippen LogP) is 1.59. The number of hydrogen-bond donors (Lipinski definition) is 2. The Morgan fingerprint density at radius 2 is 2.25 bits per heavy atom. The van der Waals surface area contributed by atoms with Crippen molar-refractivity contribution in [1.82, 2.24) is 0 Å². The van der Waals surface area contributed by atoms with Crippen LogP contribution in [0.4, 0.5) is 4.39 Å². The second kappa shape index (κ2) is 3.54. The molecule has 66 valence electrons. The van der Waals surface area contributed by atoms with Crippen molar-refractivity contribution < 1.29 is 9.50 Å². The summed E-state index contributed by atoms with van der Waals surface area (Å²) in [6.45, 7) is 2.24. The molecular weight excluding hydrogens is 157 g/mol. The highest BCUT2D eigenvalue weighted by Crippen LogP contribution is 2.26. The fraction of sp³-hybridized carbons (Fsp3) is 0.333. The van der Waals surface area contributed by atoms with Gasteiger partial charge in [-0.25, -0.2) is 4.39 Å². The number of aromatic hydroxyl groups is 1. The SMILES string of the molecule is CC(CN)c1cccc(F)c1O. The number of phenols is 1. The molecule has 1 atom stereocenters. The van der Waals surface area contributed by atoms with E-state index in [9.17, 15) is 9.50 Å². The Labute approximate surface area is 70.8 Å². The molecule has 1 rings (SSSR count). The summed E-state index contributed by atoms with van der Waals surface area (Å²) in [5.74, 6) is -0.885. The molecule has 1 unspecified atom stereocenters. The largest absolute Gasteiger partial charge is 0.505 e. The van der Waals surface area contributed by atoms with Crippen LogP contribution in [0.25, 0.3) is 0 Å². The normalized spacial score (nSPS) is 12.9. The van der Waals surface area contributed by atoms with Gasteiger partial charge in [0.15, 0.2) is 11.6 Å². The maximum absolute atomic E-state index is 12.8. The van der Waals surface area contributed by atoms with Crippen molar-refractivity contribution in [3.8, 4) is 5.75 Å². The van der Waals surface area contributed by atoms with Gasteiger partial charge >= 0.3 is 0 Å². The van der Waals surface area contributed by atoms with Crippen LogP contribution in [-0.4, -0.2) is 11.7 Å². The van der Waals surface area contributed by atoms with Gasteiger partial charge in [0.05, 0.1) is 0 Å². The second-order valence-corrected chi connectivity index (χ2v) is 2.81. The van der Waals surface area contributed by atoms with Crippen molar-refractivity contribution in [3.63, 3.8) is 0 Å². The first kappa shape index (κ1) is 9.00. The van der Waals surface area contributed by atoms with E-state index in [1.165, 1.54) is 6.07 Å². The van der Waals surface area contributed by atoms with Gasteiger partial charge in [-0.05, 0) is 18.5 Å². The summed E-state index contributed by atoms with van der Waals surface area (Å²) in [7, 11) is 0. The number of rotatable bonds is 2. The molecule has 0 heterocycles. The van der Waals surface area contributed by atoms with Crippen molar-refractivity contribution in [2.24, 2.45) is 5.73 Å². The zero-order valence-corrected chi connectivity index (χ0v) is 6.92. The minimum Gasteiger partial charge on any atom is -0.505 e. The molecule has 0 amide bonds. The lowest BCUT2D eigenvalue weighted by Gasteiger charge is -2.10. The number of nitrogens with two attached hydrogens (primary N) is 1. The van der Waals surface area contributed by atoms with Crippen LogP contribution in [0, 0.1) is 5.82 Å². The quantitative estimate of drug-likeness (QED) is 0.706. The van der Waals surface area contributed by atoms with Crippen LogP contribution in [0.2, 0.25) is 0 Å². The summed E-state index contributed by atoms with van der Waals surface area (Å²) in [4.78, 5) is 0. The zero-order chi connectivity index (χ0) is 9.14. The minimum absolute atomic E-state index is 0.0132. The number of para-hydroxylation sites is 1. The van der Waals surface area contributed by atoms with Gasteiger partial charge in [0.25, 0.3) is 0 Å². The molecule has 12 heavy (non-hydrogen) atoms. The van der Waals surface area contributed by atoms with E-state index in [2.05, 4.69) is 0 Å². The Morgan fingerprint density at radius 1 is 1.58 bits per heavy atom. The fourth-order valence-corrected chi connectivity index (χ4v) is 1.06. The van der Waals surface area contributed by atoms with E-state index in [4.69, 9.17) is 5.73 Å². The van der Waals surface area contributed by atoms with Crippen molar-refractivity contribution in [2.75, 3.05) is 6.54 Å². The third-order valence-electron chi connectivity index (χ3n) is 1.90. The summed E-state index contributed by atoms with van der Waals surface area (Å²) >= 11 is 0. The molecule has 0 aliphatic rings. The van der Waals surface area contributed by atoms with Gasteiger partial charge in [-0.3, -0.25) is 0 Å². The van der Waals surface area contributed by atoms with E-state index in [1.54, 1.807) is 12.1 Å². The molecule has 0 fully saturated rings. The van der Waals surface area contributed by atoms with Crippen molar-refractivity contribution in [2.45, 2.75) is 12.8 Å². The third kappa shape index (κ3) is 1.56. The van der Waals surface area contributed by atoms with Crippen LogP contribution in [0.15, 0.2) is 18.2 Å². The summed E-state index contributed by atoms with van der Waals surface area (Å²) in [5.41, 5.74) is 5.96. The lowest BCUT2D eigenvalue weighted by molar-refractivity contribution is 0.422. The molecule has 0 aliphatic heterocycles. The van der Waals surface area contributed by atoms with E-state index >= 15 is 0 Å². The molecule has 3 heteroatoms. The molecular formula is C9H12FNO. The monoisotopic (exact) mass is 169 g/mol.